The second kappa shape index (κ2) is 5.44. The van der Waals surface area contributed by atoms with E-state index in [0.29, 0.717) is 29.7 Å². The van der Waals surface area contributed by atoms with Crippen LogP contribution < -0.4 is 10.1 Å². The number of rotatable bonds is 4. The number of carbonyl (C=O) groups excluding carboxylic acids is 1. The Bertz CT molecular complexity index is 377. The normalized spacial score (nSPS) is 10.3. The van der Waals surface area contributed by atoms with Crippen molar-refractivity contribution in [2.45, 2.75) is 27.2 Å². The van der Waals surface area contributed by atoms with E-state index in [9.17, 15) is 4.79 Å². The zero-order valence-corrected chi connectivity index (χ0v) is 10.1. The summed E-state index contributed by atoms with van der Waals surface area (Å²) in [5, 5.41) is 2.77. The third-order valence-corrected chi connectivity index (χ3v) is 2.01. The monoisotopic (exact) mass is 223 g/mol. The van der Waals surface area contributed by atoms with E-state index in [1.54, 1.807) is 13.1 Å². The molecule has 0 spiro atoms. The van der Waals surface area contributed by atoms with E-state index in [0.717, 1.165) is 0 Å². The van der Waals surface area contributed by atoms with Gasteiger partial charge in [-0.3, -0.25) is 4.79 Å². The highest BCUT2D eigenvalue weighted by molar-refractivity contribution is 5.91. The first-order valence-corrected chi connectivity index (χ1v) is 5.20. The number of hydrogen-bond donors (Lipinski definition) is 1. The van der Waals surface area contributed by atoms with Crippen LogP contribution in [0.2, 0.25) is 0 Å². The maximum Gasteiger partial charge on any atom is 0.316 e. The van der Waals surface area contributed by atoms with Crippen molar-refractivity contribution in [2.75, 3.05) is 12.4 Å². The molecule has 0 bridgehead atoms. The number of aromatic nitrogens is 2. The molecule has 16 heavy (non-hydrogen) atoms. The van der Waals surface area contributed by atoms with E-state index in [1.807, 2.05) is 13.8 Å². The molecule has 88 valence electrons. The Hall–Kier alpha value is -1.65. The van der Waals surface area contributed by atoms with Gasteiger partial charge in [-0.05, 0) is 12.8 Å². The van der Waals surface area contributed by atoms with Gasteiger partial charge >= 0.3 is 6.01 Å². The molecule has 0 aliphatic rings. The summed E-state index contributed by atoms with van der Waals surface area (Å²) in [5.74, 6) is 0.311. The number of anilines is 1. The Morgan fingerprint density at radius 2 is 2.25 bits per heavy atom. The topological polar surface area (TPSA) is 64.1 Å². The molecule has 0 atom stereocenters. The van der Waals surface area contributed by atoms with E-state index in [2.05, 4.69) is 15.3 Å². The second-order valence-corrected chi connectivity index (χ2v) is 4.00. The Labute approximate surface area is 95.3 Å². The quantitative estimate of drug-likeness (QED) is 0.845. The van der Waals surface area contributed by atoms with Gasteiger partial charge in [0, 0.05) is 6.42 Å². The summed E-state index contributed by atoms with van der Waals surface area (Å²) >= 11 is 0. The lowest BCUT2D eigenvalue weighted by molar-refractivity contribution is -0.116. The van der Waals surface area contributed by atoms with E-state index < -0.39 is 0 Å². The predicted octanol–water partition coefficient (Wildman–Crippen LogP) is 1.78. The van der Waals surface area contributed by atoms with Crippen LogP contribution in [-0.2, 0) is 4.79 Å². The smallest absolute Gasteiger partial charge is 0.316 e. The largest absolute Gasteiger partial charge is 0.467 e. The first kappa shape index (κ1) is 12.4. The molecule has 5 nitrogen and oxygen atoms in total. The van der Waals surface area contributed by atoms with Gasteiger partial charge in [0.05, 0.1) is 24.7 Å². The molecule has 0 fully saturated rings. The fourth-order valence-corrected chi connectivity index (χ4v) is 1.24. The third-order valence-electron chi connectivity index (χ3n) is 2.01. The molecule has 1 rings (SSSR count). The van der Waals surface area contributed by atoms with Crippen LogP contribution in [0.1, 0.15) is 26.0 Å². The minimum atomic E-state index is -0.0214. The van der Waals surface area contributed by atoms with Crippen molar-refractivity contribution in [2.24, 2.45) is 5.92 Å². The lowest BCUT2D eigenvalue weighted by Crippen LogP contribution is -2.15. The summed E-state index contributed by atoms with van der Waals surface area (Å²) in [6, 6.07) is 0.305. The number of ether oxygens (including phenoxy) is 1. The number of methoxy groups -OCH3 is 1. The summed E-state index contributed by atoms with van der Waals surface area (Å²) in [5.41, 5.74) is 1.33. The molecule has 5 heteroatoms. The maximum absolute atomic E-state index is 11.5. The van der Waals surface area contributed by atoms with Crippen LogP contribution in [0, 0.1) is 12.8 Å². The average Bonchev–Trinajstić information content (AvgIpc) is 2.19. The van der Waals surface area contributed by atoms with Gasteiger partial charge in [0.2, 0.25) is 5.91 Å². The minimum absolute atomic E-state index is 0.0214. The molecule has 0 aliphatic heterocycles. The van der Waals surface area contributed by atoms with Gasteiger partial charge in [-0.25, -0.2) is 4.98 Å². The van der Waals surface area contributed by atoms with Crippen LogP contribution in [0.25, 0.3) is 0 Å². The lowest BCUT2D eigenvalue weighted by Gasteiger charge is -2.09. The molecule has 0 saturated carbocycles. The summed E-state index contributed by atoms with van der Waals surface area (Å²) in [7, 11) is 1.51. The first-order valence-electron chi connectivity index (χ1n) is 5.20. The number of aryl methyl sites for hydroxylation is 1. The lowest BCUT2D eigenvalue weighted by atomic mass is 10.1. The molecule has 0 saturated heterocycles. The van der Waals surface area contributed by atoms with E-state index in [4.69, 9.17) is 4.74 Å². The van der Waals surface area contributed by atoms with E-state index in [1.165, 1.54) is 7.11 Å². The Balaban J connectivity index is 2.70. The van der Waals surface area contributed by atoms with Crippen LogP contribution in [0.4, 0.5) is 5.69 Å². The molecule has 1 aromatic rings. The summed E-state index contributed by atoms with van der Waals surface area (Å²) < 4.78 is 4.88. The second-order valence-electron chi connectivity index (χ2n) is 4.00. The van der Waals surface area contributed by atoms with Crippen molar-refractivity contribution in [1.82, 2.24) is 9.97 Å². The van der Waals surface area contributed by atoms with Gasteiger partial charge in [-0.15, -0.1) is 0 Å². The summed E-state index contributed by atoms with van der Waals surface area (Å²) in [6.07, 6.45) is 2.05. The average molecular weight is 223 g/mol. The van der Waals surface area contributed by atoms with Crippen molar-refractivity contribution >= 4 is 11.6 Å². The molecule has 0 aliphatic carbocycles. The number of carbonyl (C=O) groups is 1. The summed E-state index contributed by atoms with van der Waals surface area (Å²) in [4.78, 5) is 19.5. The fraction of sp³-hybridized carbons (Fsp3) is 0.545. The van der Waals surface area contributed by atoms with Crippen molar-refractivity contribution in [1.29, 1.82) is 0 Å². The van der Waals surface area contributed by atoms with E-state index in [-0.39, 0.29) is 5.91 Å². The Morgan fingerprint density at radius 3 is 2.75 bits per heavy atom. The molecule has 0 unspecified atom stereocenters. The standard InChI is InChI=1S/C11H17N3O2/c1-7(2)5-10(15)14-9-6-12-11(16-4)13-8(9)3/h6-7H,5H2,1-4H3,(H,14,15). The van der Waals surface area contributed by atoms with Crippen LogP contribution in [0.5, 0.6) is 6.01 Å². The van der Waals surface area contributed by atoms with Gasteiger partial charge in [-0.1, -0.05) is 13.8 Å². The van der Waals surface area contributed by atoms with Crippen molar-refractivity contribution < 1.29 is 9.53 Å². The fourth-order valence-electron chi connectivity index (χ4n) is 1.24. The van der Waals surface area contributed by atoms with Crippen LogP contribution >= 0.6 is 0 Å². The van der Waals surface area contributed by atoms with Gasteiger partial charge in [0.15, 0.2) is 0 Å². The number of amides is 1. The SMILES string of the molecule is COc1ncc(NC(=O)CC(C)C)c(C)n1. The zero-order valence-electron chi connectivity index (χ0n) is 10.1. The molecule has 0 radical (unpaired) electrons. The van der Waals surface area contributed by atoms with Crippen LogP contribution in [0.15, 0.2) is 6.20 Å². The number of hydrogen-bond acceptors (Lipinski definition) is 4. The van der Waals surface area contributed by atoms with Gasteiger partial charge in [-0.2, -0.15) is 4.98 Å². The minimum Gasteiger partial charge on any atom is -0.467 e. The Morgan fingerprint density at radius 1 is 1.56 bits per heavy atom. The zero-order chi connectivity index (χ0) is 12.1. The van der Waals surface area contributed by atoms with Crippen molar-refractivity contribution in [3.05, 3.63) is 11.9 Å². The molecular formula is C11H17N3O2. The number of nitrogens with one attached hydrogen (secondary N) is 1. The molecule has 1 aromatic heterocycles. The van der Waals surface area contributed by atoms with Crippen LogP contribution in [-0.4, -0.2) is 23.0 Å². The molecular weight excluding hydrogens is 206 g/mol. The highest BCUT2D eigenvalue weighted by Crippen LogP contribution is 2.14. The molecule has 1 heterocycles. The van der Waals surface area contributed by atoms with Crippen LogP contribution in [0.3, 0.4) is 0 Å². The maximum atomic E-state index is 11.5. The highest BCUT2D eigenvalue weighted by Gasteiger charge is 2.08. The van der Waals surface area contributed by atoms with Crippen molar-refractivity contribution in [3.63, 3.8) is 0 Å². The summed E-state index contributed by atoms with van der Waals surface area (Å²) in [6.45, 7) is 5.79. The molecule has 1 N–H and O–H groups in total. The molecule has 1 amide bonds. The highest BCUT2D eigenvalue weighted by atomic mass is 16.5. The van der Waals surface area contributed by atoms with Gasteiger partial charge in [0.1, 0.15) is 0 Å². The van der Waals surface area contributed by atoms with Crippen molar-refractivity contribution in [3.8, 4) is 6.01 Å². The van der Waals surface area contributed by atoms with E-state index >= 15 is 0 Å². The number of nitrogens with zero attached hydrogens (tertiary/aromatic N) is 2. The third kappa shape index (κ3) is 3.49. The predicted molar refractivity (Wildman–Crippen MR) is 61.4 cm³/mol. The van der Waals surface area contributed by atoms with Gasteiger partial charge < -0.3 is 10.1 Å². The molecule has 0 aromatic carbocycles. The van der Waals surface area contributed by atoms with Gasteiger partial charge in [0.25, 0.3) is 0 Å². The first-order chi connectivity index (χ1) is 7.52. The Kier molecular flexibility index (Phi) is 4.22.